The Morgan fingerprint density at radius 2 is 1.95 bits per heavy atom. The molecule has 22 heavy (non-hydrogen) atoms. The first-order valence-electron chi connectivity index (χ1n) is 8.55. The summed E-state index contributed by atoms with van der Waals surface area (Å²) in [7, 11) is 1.84. The van der Waals surface area contributed by atoms with Crippen molar-refractivity contribution in [3.63, 3.8) is 0 Å². The van der Waals surface area contributed by atoms with Crippen LogP contribution in [0.1, 0.15) is 26.2 Å². The monoisotopic (exact) mass is 308 g/mol. The molecule has 1 amide bonds. The van der Waals surface area contributed by atoms with E-state index in [2.05, 4.69) is 22.1 Å². The lowest BCUT2D eigenvalue weighted by Gasteiger charge is -2.37. The Morgan fingerprint density at radius 1 is 1.27 bits per heavy atom. The second-order valence-electron chi connectivity index (χ2n) is 6.72. The van der Waals surface area contributed by atoms with E-state index in [1.165, 1.54) is 6.42 Å². The highest BCUT2D eigenvalue weighted by Gasteiger charge is 2.33. The van der Waals surface area contributed by atoms with Gasteiger partial charge in [0, 0.05) is 46.4 Å². The quantitative estimate of drug-likeness (QED) is 0.611. The van der Waals surface area contributed by atoms with Crippen molar-refractivity contribution in [2.75, 3.05) is 46.4 Å². The number of guanidine groups is 1. The van der Waals surface area contributed by atoms with Crippen molar-refractivity contribution in [3.8, 4) is 0 Å². The van der Waals surface area contributed by atoms with Crippen LogP contribution in [0.2, 0.25) is 0 Å². The van der Waals surface area contributed by atoms with Crippen molar-refractivity contribution < 1.29 is 9.53 Å². The summed E-state index contributed by atoms with van der Waals surface area (Å²) in [6.07, 6.45) is 3.02. The Hall–Kier alpha value is -1.30. The Balaban J connectivity index is 1.44. The van der Waals surface area contributed by atoms with Crippen LogP contribution in [0.25, 0.3) is 0 Å². The summed E-state index contributed by atoms with van der Waals surface area (Å²) in [5, 5.41) is 3.48. The predicted octanol–water partition coefficient (Wildman–Crippen LogP) is 0.541. The molecule has 3 atom stereocenters. The average molecular weight is 308 g/mol. The number of aliphatic imine (C=N–C) groups is 1. The van der Waals surface area contributed by atoms with Crippen LogP contribution in [-0.2, 0) is 9.53 Å². The van der Waals surface area contributed by atoms with E-state index in [4.69, 9.17) is 4.74 Å². The zero-order chi connectivity index (χ0) is 15.5. The van der Waals surface area contributed by atoms with Crippen molar-refractivity contribution >= 4 is 11.9 Å². The summed E-state index contributed by atoms with van der Waals surface area (Å²) < 4.78 is 5.50. The Labute approximate surface area is 132 Å². The van der Waals surface area contributed by atoms with Crippen LogP contribution in [0.4, 0.5) is 0 Å². The summed E-state index contributed by atoms with van der Waals surface area (Å²) in [4.78, 5) is 20.9. The van der Waals surface area contributed by atoms with E-state index < -0.39 is 0 Å². The van der Waals surface area contributed by atoms with Crippen molar-refractivity contribution in [3.05, 3.63) is 0 Å². The molecule has 3 fully saturated rings. The lowest BCUT2D eigenvalue weighted by atomic mass is 10.2. The number of carbonyl (C=O) groups is 1. The molecule has 1 saturated carbocycles. The third-order valence-corrected chi connectivity index (χ3v) is 5.11. The maximum atomic E-state index is 12.3. The van der Waals surface area contributed by atoms with Gasteiger partial charge in [-0.25, -0.2) is 0 Å². The molecule has 0 aromatic carbocycles. The summed E-state index contributed by atoms with van der Waals surface area (Å²) in [6.45, 7) is 7.26. The van der Waals surface area contributed by atoms with Crippen LogP contribution in [-0.4, -0.2) is 74.1 Å². The molecule has 2 saturated heterocycles. The van der Waals surface area contributed by atoms with E-state index in [1.807, 2.05) is 11.9 Å². The number of amides is 1. The molecule has 1 aliphatic carbocycles. The fraction of sp³-hybridized carbons (Fsp3) is 0.875. The standard InChI is InChI=1S/C16H28N4O2/c1-12-10-13(12)11-18-16(17-2)20-7-5-19(6-8-20)15(21)14-4-3-9-22-14/h12-14H,3-11H2,1-2H3,(H,17,18). The molecule has 0 bridgehead atoms. The molecule has 124 valence electrons. The van der Waals surface area contributed by atoms with E-state index in [-0.39, 0.29) is 12.0 Å². The second-order valence-corrected chi connectivity index (χ2v) is 6.72. The van der Waals surface area contributed by atoms with Crippen LogP contribution in [0, 0.1) is 11.8 Å². The number of hydrogen-bond acceptors (Lipinski definition) is 3. The van der Waals surface area contributed by atoms with Crippen LogP contribution in [0.3, 0.4) is 0 Å². The van der Waals surface area contributed by atoms with Gasteiger partial charge in [-0.1, -0.05) is 6.92 Å². The van der Waals surface area contributed by atoms with Crippen molar-refractivity contribution in [1.82, 2.24) is 15.1 Å². The third-order valence-electron chi connectivity index (χ3n) is 5.11. The first kappa shape index (κ1) is 15.6. The molecule has 2 aliphatic heterocycles. The van der Waals surface area contributed by atoms with Gasteiger partial charge in [-0.05, 0) is 31.1 Å². The van der Waals surface area contributed by atoms with Gasteiger partial charge in [0.25, 0.3) is 5.91 Å². The number of piperazine rings is 1. The lowest BCUT2D eigenvalue weighted by Crippen LogP contribution is -2.55. The highest BCUT2D eigenvalue weighted by Crippen LogP contribution is 2.36. The van der Waals surface area contributed by atoms with E-state index in [0.29, 0.717) is 0 Å². The van der Waals surface area contributed by atoms with Gasteiger partial charge in [0.05, 0.1) is 0 Å². The molecular weight excluding hydrogens is 280 g/mol. The lowest BCUT2D eigenvalue weighted by molar-refractivity contribution is -0.142. The number of carbonyl (C=O) groups excluding carboxylic acids is 1. The Kier molecular flexibility index (Phi) is 4.86. The number of rotatable bonds is 3. The molecule has 1 N–H and O–H groups in total. The molecule has 0 radical (unpaired) electrons. The van der Waals surface area contributed by atoms with Gasteiger partial charge in [0.15, 0.2) is 5.96 Å². The third kappa shape index (κ3) is 3.54. The van der Waals surface area contributed by atoms with E-state index in [9.17, 15) is 4.79 Å². The minimum atomic E-state index is -0.194. The van der Waals surface area contributed by atoms with Crippen molar-refractivity contribution in [2.45, 2.75) is 32.3 Å². The largest absolute Gasteiger partial charge is 0.368 e. The summed E-state index contributed by atoms with van der Waals surface area (Å²) in [5.74, 6) is 2.81. The zero-order valence-corrected chi connectivity index (χ0v) is 13.8. The molecule has 0 spiro atoms. The zero-order valence-electron chi connectivity index (χ0n) is 13.8. The van der Waals surface area contributed by atoms with Crippen LogP contribution in [0.15, 0.2) is 4.99 Å². The molecule has 3 aliphatic rings. The molecule has 3 unspecified atom stereocenters. The number of hydrogen-bond donors (Lipinski definition) is 1. The maximum absolute atomic E-state index is 12.3. The van der Waals surface area contributed by atoms with Gasteiger partial charge in [0.1, 0.15) is 6.10 Å². The van der Waals surface area contributed by atoms with Crippen molar-refractivity contribution in [1.29, 1.82) is 0 Å². The Morgan fingerprint density at radius 3 is 2.50 bits per heavy atom. The van der Waals surface area contributed by atoms with Gasteiger partial charge in [-0.15, -0.1) is 0 Å². The van der Waals surface area contributed by atoms with Crippen molar-refractivity contribution in [2.24, 2.45) is 16.8 Å². The highest BCUT2D eigenvalue weighted by atomic mass is 16.5. The van der Waals surface area contributed by atoms with Gasteiger partial charge < -0.3 is 19.9 Å². The van der Waals surface area contributed by atoms with Crippen LogP contribution < -0.4 is 5.32 Å². The smallest absolute Gasteiger partial charge is 0.251 e. The van der Waals surface area contributed by atoms with Gasteiger partial charge in [0.2, 0.25) is 0 Å². The molecule has 0 aromatic rings. The van der Waals surface area contributed by atoms with E-state index >= 15 is 0 Å². The summed E-state index contributed by atoms with van der Waals surface area (Å²) >= 11 is 0. The van der Waals surface area contributed by atoms with Crippen LogP contribution >= 0.6 is 0 Å². The molecular formula is C16H28N4O2. The predicted molar refractivity (Wildman–Crippen MR) is 85.8 cm³/mol. The topological polar surface area (TPSA) is 57.2 Å². The highest BCUT2D eigenvalue weighted by molar-refractivity contribution is 5.82. The van der Waals surface area contributed by atoms with Crippen LogP contribution in [0.5, 0.6) is 0 Å². The average Bonchev–Trinajstić information content (AvgIpc) is 3.03. The molecule has 2 heterocycles. The molecule has 6 nitrogen and oxygen atoms in total. The normalized spacial score (nSPS) is 32.3. The molecule has 6 heteroatoms. The summed E-state index contributed by atoms with van der Waals surface area (Å²) in [6, 6.07) is 0. The minimum Gasteiger partial charge on any atom is -0.368 e. The fourth-order valence-electron chi connectivity index (χ4n) is 3.35. The van der Waals surface area contributed by atoms with E-state index in [0.717, 1.165) is 70.0 Å². The first-order valence-corrected chi connectivity index (χ1v) is 8.55. The SMILES string of the molecule is CN=C(NCC1CC1C)N1CCN(C(=O)C2CCCO2)CC1. The molecule has 3 rings (SSSR count). The van der Waals surface area contributed by atoms with E-state index in [1.54, 1.807) is 0 Å². The van der Waals surface area contributed by atoms with Gasteiger partial charge in [-0.3, -0.25) is 9.79 Å². The maximum Gasteiger partial charge on any atom is 0.251 e. The summed E-state index contributed by atoms with van der Waals surface area (Å²) in [5.41, 5.74) is 0. The minimum absolute atomic E-state index is 0.173. The molecule has 0 aromatic heterocycles. The number of nitrogens with one attached hydrogen (secondary N) is 1. The fourth-order valence-corrected chi connectivity index (χ4v) is 3.35. The first-order chi connectivity index (χ1) is 10.7. The van der Waals surface area contributed by atoms with Gasteiger partial charge in [-0.2, -0.15) is 0 Å². The second kappa shape index (κ2) is 6.86. The Bertz CT molecular complexity index is 426. The number of nitrogens with zero attached hydrogens (tertiary/aromatic N) is 3. The number of ether oxygens (including phenoxy) is 1. The van der Waals surface area contributed by atoms with Gasteiger partial charge >= 0.3 is 0 Å².